The van der Waals surface area contributed by atoms with Crippen LogP contribution in [0.4, 0.5) is 0 Å². The van der Waals surface area contributed by atoms with Crippen molar-refractivity contribution in [2.45, 2.75) is 51.4 Å². The number of ether oxygens (including phenoxy) is 2. The van der Waals surface area contributed by atoms with Crippen LogP contribution in [0.2, 0.25) is 0 Å². The molecule has 3 heteroatoms. The van der Waals surface area contributed by atoms with Gasteiger partial charge in [-0.05, 0) is 19.8 Å². The van der Waals surface area contributed by atoms with Crippen LogP contribution in [-0.2, 0) is 14.3 Å². The first-order valence-electron chi connectivity index (χ1n) is 6.54. The Morgan fingerprint density at radius 2 is 2.39 bits per heavy atom. The second-order valence-corrected chi connectivity index (χ2v) is 4.89. The third-order valence-corrected chi connectivity index (χ3v) is 3.51. The number of methoxy groups -OCH3 is 1. The van der Waals surface area contributed by atoms with Gasteiger partial charge in [0.15, 0.2) is 0 Å². The van der Waals surface area contributed by atoms with Gasteiger partial charge in [0.05, 0.1) is 18.3 Å². The maximum atomic E-state index is 11.4. The predicted octanol–water partition coefficient (Wildman–Crippen LogP) is 2.91. The van der Waals surface area contributed by atoms with Gasteiger partial charge in [0, 0.05) is 19.4 Å². The fraction of sp³-hybridized carbons (Fsp3) is 0.667. The minimum absolute atomic E-state index is 0.0663. The van der Waals surface area contributed by atoms with Gasteiger partial charge in [-0.3, -0.25) is 4.79 Å². The minimum Gasteiger partial charge on any atom is -0.381 e. The molecule has 0 radical (unpaired) electrons. The molecule has 4 atom stereocenters. The molecule has 0 unspecified atom stereocenters. The van der Waals surface area contributed by atoms with E-state index < -0.39 is 0 Å². The molecular weight excluding hydrogens is 228 g/mol. The van der Waals surface area contributed by atoms with Crippen molar-refractivity contribution in [1.82, 2.24) is 0 Å². The second-order valence-electron chi connectivity index (χ2n) is 4.89. The van der Waals surface area contributed by atoms with E-state index in [4.69, 9.17) is 9.47 Å². The highest BCUT2D eigenvalue weighted by Gasteiger charge is 2.26. The fourth-order valence-corrected chi connectivity index (χ4v) is 2.21. The van der Waals surface area contributed by atoms with Crippen molar-refractivity contribution in [2.24, 2.45) is 5.92 Å². The average molecular weight is 252 g/mol. The first-order valence-corrected chi connectivity index (χ1v) is 6.54. The van der Waals surface area contributed by atoms with Gasteiger partial charge in [0.1, 0.15) is 5.78 Å². The Bertz CT molecular complexity index is 309. The van der Waals surface area contributed by atoms with E-state index in [-0.39, 0.29) is 30.0 Å². The molecule has 102 valence electrons. The Kier molecular flexibility index (Phi) is 6.30. The summed E-state index contributed by atoms with van der Waals surface area (Å²) in [7, 11) is 1.66. The summed E-state index contributed by atoms with van der Waals surface area (Å²) in [5.74, 6) is 0.0817. The summed E-state index contributed by atoms with van der Waals surface area (Å²) in [4.78, 5) is 11.4. The number of carbonyl (C=O) groups excluding carboxylic acids is 1. The van der Waals surface area contributed by atoms with Gasteiger partial charge < -0.3 is 9.47 Å². The highest BCUT2D eigenvalue weighted by molar-refractivity contribution is 5.78. The van der Waals surface area contributed by atoms with E-state index in [0.717, 1.165) is 19.3 Å². The standard InChI is InChI=1S/C15H24O3/c1-5-7-13-8-6-9-14(18-13)10-15(17-4)11(2)12(3)16/h5-6,8,11,13-15H,1,7,9-10H2,2-4H3/t11-,13+,14-,15-/m0/s1. The smallest absolute Gasteiger partial charge is 0.135 e. The minimum atomic E-state index is -0.0811. The number of hydrogen-bond acceptors (Lipinski definition) is 3. The van der Waals surface area contributed by atoms with Gasteiger partial charge in [-0.2, -0.15) is 0 Å². The van der Waals surface area contributed by atoms with E-state index in [2.05, 4.69) is 18.7 Å². The molecule has 0 N–H and O–H groups in total. The first-order chi connectivity index (χ1) is 8.58. The number of carbonyl (C=O) groups is 1. The third kappa shape index (κ3) is 4.39. The molecule has 1 aliphatic rings. The summed E-state index contributed by atoms with van der Waals surface area (Å²) in [5.41, 5.74) is 0. The highest BCUT2D eigenvalue weighted by Crippen LogP contribution is 2.23. The predicted molar refractivity (Wildman–Crippen MR) is 72.5 cm³/mol. The molecule has 0 aromatic rings. The van der Waals surface area contributed by atoms with E-state index in [1.54, 1.807) is 14.0 Å². The van der Waals surface area contributed by atoms with Gasteiger partial charge in [0.25, 0.3) is 0 Å². The van der Waals surface area contributed by atoms with Crippen LogP contribution in [0.25, 0.3) is 0 Å². The molecule has 1 rings (SSSR count). The van der Waals surface area contributed by atoms with Gasteiger partial charge >= 0.3 is 0 Å². The van der Waals surface area contributed by atoms with Crippen molar-refractivity contribution < 1.29 is 14.3 Å². The molecule has 0 aliphatic carbocycles. The average Bonchev–Trinajstić information content (AvgIpc) is 2.36. The summed E-state index contributed by atoms with van der Waals surface area (Å²) >= 11 is 0. The maximum Gasteiger partial charge on any atom is 0.135 e. The normalized spacial score (nSPS) is 26.6. The van der Waals surface area contributed by atoms with Gasteiger partial charge in [-0.15, -0.1) is 6.58 Å². The van der Waals surface area contributed by atoms with Crippen LogP contribution in [0.5, 0.6) is 0 Å². The third-order valence-electron chi connectivity index (χ3n) is 3.51. The molecule has 0 aromatic heterocycles. The summed E-state index contributed by atoms with van der Waals surface area (Å²) in [5, 5.41) is 0. The van der Waals surface area contributed by atoms with Crippen LogP contribution in [0.1, 0.15) is 33.1 Å². The molecule has 18 heavy (non-hydrogen) atoms. The van der Waals surface area contributed by atoms with Gasteiger partial charge in [-0.25, -0.2) is 0 Å². The second kappa shape index (κ2) is 7.49. The van der Waals surface area contributed by atoms with Gasteiger partial charge in [-0.1, -0.05) is 25.2 Å². The van der Waals surface area contributed by atoms with Crippen LogP contribution < -0.4 is 0 Å². The zero-order valence-electron chi connectivity index (χ0n) is 11.6. The molecular formula is C15H24O3. The molecule has 0 saturated carbocycles. The SMILES string of the molecule is C=CC[C@@H]1C=CC[C@@H](C[C@H](OC)[C@@H](C)C(C)=O)O1. The molecule has 1 heterocycles. The number of hydrogen-bond donors (Lipinski definition) is 0. The molecule has 1 aliphatic heterocycles. The summed E-state index contributed by atoms with van der Waals surface area (Å²) in [6, 6.07) is 0. The Balaban J connectivity index is 2.52. The molecule has 0 saturated heterocycles. The molecule has 0 fully saturated rings. The van der Waals surface area contributed by atoms with E-state index in [1.807, 2.05) is 13.0 Å². The van der Waals surface area contributed by atoms with Crippen LogP contribution >= 0.6 is 0 Å². The lowest BCUT2D eigenvalue weighted by Crippen LogP contribution is -2.33. The van der Waals surface area contributed by atoms with Crippen LogP contribution in [-0.4, -0.2) is 31.2 Å². The summed E-state index contributed by atoms with van der Waals surface area (Å²) < 4.78 is 11.4. The molecule has 0 amide bonds. The first kappa shape index (κ1) is 15.1. The van der Waals surface area contributed by atoms with Crippen molar-refractivity contribution in [3.8, 4) is 0 Å². The zero-order chi connectivity index (χ0) is 13.5. The number of rotatable bonds is 7. The van der Waals surface area contributed by atoms with Crippen LogP contribution in [0.3, 0.4) is 0 Å². The fourth-order valence-electron chi connectivity index (χ4n) is 2.21. The summed E-state index contributed by atoms with van der Waals surface area (Å²) in [6.07, 6.45) is 8.74. The topological polar surface area (TPSA) is 35.5 Å². The van der Waals surface area contributed by atoms with E-state index in [1.165, 1.54) is 0 Å². The van der Waals surface area contributed by atoms with E-state index in [9.17, 15) is 4.79 Å². The largest absolute Gasteiger partial charge is 0.381 e. The quantitative estimate of drug-likeness (QED) is 0.654. The lowest BCUT2D eigenvalue weighted by atomic mass is 9.93. The van der Waals surface area contributed by atoms with Crippen molar-refractivity contribution in [3.63, 3.8) is 0 Å². The lowest BCUT2D eigenvalue weighted by molar-refractivity contribution is -0.126. The molecule has 3 nitrogen and oxygen atoms in total. The van der Waals surface area contributed by atoms with E-state index >= 15 is 0 Å². The Hall–Kier alpha value is -0.930. The van der Waals surface area contributed by atoms with Crippen molar-refractivity contribution >= 4 is 5.78 Å². The van der Waals surface area contributed by atoms with Crippen molar-refractivity contribution in [2.75, 3.05) is 7.11 Å². The molecule has 0 spiro atoms. The van der Waals surface area contributed by atoms with Crippen molar-refractivity contribution in [3.05, 3.63) is 24.8 Å². The summed E-state index contributed by atoms with van der Waals surface area (Å²) in [6.45, 7) is 7.25. The highest BCUT2D eigenvalue weighted by atomic mass is 16.5. The van der Waals surface area contributed by atoms with Crippen LogP contribution in [0, 0.1) is 5.92 Å². The number of ketones is 1. The molecule has 0 aromatic carbocycles. The van der Waals surface area contributed by atoms with Crippen LogP contribution in [0.15, 0.2) is 24.8 Å². The zero-order valence-corrected chi connectivity index (χ0v) is 11.6. The monoisotopic (exact) mass is 252 g/mol. The van der Waals surface area contributed by atoms with Crippen molar-refractivity contribution in [1.29, 1.82) is 0 Å². The lowest BCUT2D eigenvalue weighted by Gasteiger charge is -2.30. The Morgan fingerprint density at radius 1 is 1.67 bits per heavy atom. The van der Waals surface area contributed by atoms with Gasteiger partial charge in [0.2, 0.25) is 0 Å². The van der Waals surface area contributed by atoms with E-state index in [0.29, 0.717) is 0 Å². The number of Topliss-reactive ketones (excluding diaryl/α,β-unsaturated/α-hetero) is 1. The Morgan fingerprint density at radius 3 is 2.94 bits per heavy atom. The Labute approximate surface area is 110 Å². The maximum absolute atomic E-state index is 11.4. The molecule has 0 bridgehead atoms.